The van der Waals surface area contributed by atoms with Crippen LogP contribution >= 0.6 is 11.8 Å². The van der Waals surface area contributed by atoms with Gasteiger partial charge >= 0.3 is 5.97 Å². The summed E-state index contributed by atoms with van der Waals surface area (Å²) in [4.78, 5) is 28.4. The SMILES string of the molecule is C=CCNC(=O)[C@@H](C)OC(=O)c1cccnc1SCc1cc(C)on1. The predicted octanol–water partition coefficient (Wildman–Crippen LogP) is 2.52. The van der Waals surface area contributed by atoms with E-state index in [2.05, 4.69) is 22.0 Å². The molecule has 132 valence electrons. The van der Waals surface area contributed by atoms with Gasteiger partial charge in [0.05, 0.1) is 11.3 Å². The molecule has 1 N–H and O–H groups in total. The summed E-state index contributed by atoms with van der Waals surface area (Å²) >= 11 is 1.34. The first kappa shape index (κ1) is 18.7. The Hall–Kier alpha value is -2.61. The van der Waals surface area contributed by atoms with E-state index in [0.29, 0.717) is 22.9 Å². The minimum absolute atomic E-state index is 0.302. The number of nitrogens with zero attached hydrogens (tertiary/aromatic N) is 2. The molecule has 0 fully saturated rings. The quantitative estimate of drug-likeness (QED) is 0.438. The lowest BCUT2D eigenvalue weighted by Crippen LogP contribution is -2.35. The fraction of sp³-hybridized carbons (Fsp3) is 0.294. The average Bonchev–Trinajstić information content (AvgIpc) is 3.03. The number of ether oxygens (including phenoxy) is 1. The zero-order chi connectivity index (χ0) is 18.2. The summed E-state index contributed by atoms with van der Waals surface area (Å²) in [5, 5.41) is 6.99. The molecule has 0 spiro atoms. The summed E-state index contributed by atoms with van der Waals surface area (Å²) in [5.74, 6) is 0.234. The first-order chi connectivity index (χ1) is 12.0. The smallest absolute Gasteiger partial charge is 0.341 e. The minimum atomic E-state index is -0.913. The lowest BCUT2D eigenvalue weighted by molar-refractivity contribution is -0.128. The maximum Gasteiger partial charge on any atom is 0.341 e. The average molecular weight is 361 g/mol. The van der Waals surface area contributed by atoms with Crippen LogP contribution in [-0.2, 0) is 15.3 Å². The second kappa shape index (κ2) is 9.03. The van der Waals surface area contributed by atoms with Gasteiger partial charge < -0.3 is 14.6 Å². The lowest BCUT2D eigenvalue weighted by Gasteiger charge is -2.13. The van der Waals surface area contributed by atoms with Crippen LogP contribution in [0.3, 0.4) is 0 Å². The molecule has 1 amide bonds. The molecule has 0 radical (unpaired) electrons. The van der Waals surface area contributed by atoms with E-state index < -0.39 is 12.1 Å². The third-order valence-corrected chi connectivity index (χ3v) is 4.14. The van der Waals surface area contributed by atoms with Crippen molar-refractivity contribution in [2.45, 2.75) is 30.7 Å². The van der Waals surface area contributed by atoms with Crippen LogP contribution in [0.2, 0.25) is 0 Å². The molecule has 2 heterocycles. The third-order valence-electron chi connectivity index (χ3n) is 3.10. The number of thioether (sulfide) groups is 1. The van der Waals surface area contributed by atoms with Crippen molar-refractivity contribution in [3.63, 3.8) is 0 Å². The highest BCUT2D eigenvalue weighted by Crippen LogP contribution is 2.24. The number of pyridine rings is 1. The second-order valence-corrected chi connectivity index (χ2v) is 6.12. The third kappa shape index (κ3) is 5.46. The predicted molar refractivity (Wildman–Crippen MR) is 93.1 cm³/mol. The van der Waals surface area contributed by atoms with Gasteiger partial charge in [-0.15, -0.1) is 6.58 Å². The monoisotopic (exact) mass is 361 g/mol. The van der Waals surface area contributed by atoms with Crippen LogP contribution < -0.4 is 5.32 Å². The number of aryl methyl sites for hydroxylation is 1. The zero-order valence-electron chi connectivity index (χ0n) is 14.0. The highest BCUT2D eigenvalue weighted by molar-refractivity contribution is 7.98. The molecule has 0 aliphatic carbocycles. The Morgan fingerprint density at radius 3 is 3.00 bits per heavy atom. The Balaban J connectivity index is 2.01. The number of carbonyl (C=O) groups excluding carboxylic acids is 2. The van der Waals surface area contributed by atoms with E-state index in [9.17, 15) is 9.59 Å². The molecular weight excluding hydrogens is 342 g/mol. The Morgan fingerprint density at radius 1 is 1.52 bits per heavy atom. The Morgan fingerprint density at radius 2 is 2.32 bits per heavy atom. The van der Waals surface area contributed by atoms with E-state index >= 15 is 0 Å². The first-order valence-electron chi connectivity index (χ1n) is 7.61. The summed E-state index contributed by atoms with van der Waals surface area (Å²) in [6, 6.07) is 5.07. The van der Waals surface area contributed by atoms with Crippen LogP contribution in [0.5, 0.6) is 0 Å². The molecule has 2 aromatic heterocycles. The van der Waals surface area contributed by atoms with Crippen LogP contribution in [0, 0.1) is 6.92 Å². The zero-order valence-corrected chi connectivity index (χ0v) is 14.8. The van der Waals surface area contributed by atoms with Gasteiger partial charge in [0.15, 0.2) is 6.10 Å². The van der Waals surface area contributed by atoms with Gasteiger partial charge in [-0.3, -0.25) is 4.79 Å². The Bertz CT molecular complexity index is 760. The fourth-order valence-electron chi connectivity index (χ4n) is 1.88. The van der Waals surface area contributed by atoms with Crippen LogP contribution in [0.4, 0.5) is 0 Å². The molecule has 2 rings (SSSR count). The van der Waals surface area contributed by atoms with Crippen molar-refractivity contribution in [1.29, 1.82) is 0 Å². The summed E-state index contributed by atoms with van der Waals surface area (Å²) in [6.45, 7) is 7.15. The van der Waals surface area contributed by atoms with Crippen molar-refractivity contribution in [3.8, 4) is 0 Å². The van der Waals surface area contributed by atoms with Crippen LogP contribution in [0.15, 0.2) is 46.6 Å². The number of hydrogen-bond acceptors (Lipinski definition) is 7. The minimum Gasteiger partial charge on any atom is -0.449 e. The van der Waals surface area contributed by atoms with Gasteiger partial charge in [-0.25, -0.2) is 9.78 Å². The standard InChI is InChI=1S/C17H19N3O4S/c1-4-7-18-15(21)12(3)23-17(22)14-6-5-8-19-16(14)25-10-13-9-11(2)24-20-13/h4-6,8-9,12H,1,7,10H2,2-3H3,(H,18,21)/t12-/m1/s1. The molecule has 0 aliphatic rings. The molecule has 0 saturated carbocycles. The number of aromatic nitrogens is 2. The maximum atomic E-state index is 12.4. The van der Waals surface area contributed by atoms with Crippen molar-refractivity contribution in [2.75, 3.05) is 6.54 Å². The molecule has 8 heteroatoms. The number of esters is 1. The van der Waals surface area contributed by atoms with E-state index in [0.717, 1.165) is 11.5 Å². The van der Waals surface area contributed by atoms with Gasteiger partial charge in [-0.1, -0.05) is 23.0 Å². The van der Waals surface area contributed by atoms with Crippen LogP contribution in [0.25, 0.3) is 0 Å². The molecule has 0 unspecified atom stereocenters. The van der Waals surface area contributed by atoms with Gasteiger partial charge in [-0.2, -0.15) is 0 Å². The van der Waals surface area contributed by atoms with Crippen LogP contribution in [-0.4, -0.2) is 34.7 Å². The van der Waals surface area contributed by atoms with E-state index in [1.165, 1.54) is 18.7 Å². The molecule has 0 bridgehead atoms. The molecule has 7 nitrogen and oxygen atoms in total. The van der Waals surface area contributed by atoms with Gasteiger partial charge in [0.1, 0.15) is 10.8 Å². The molecule has 25 heavy (non-hydrogen) atoms. The van der Waals surface area contributed by atoms with Gasteiger partial charge in [0, 0.05) is 24.6 Å². The maximum absolute atomic E-state index is 12.4. The molecule has 2 aromatic rings. The van der Waals surface area contributed by atoms with E-state index in [-0.39, 0.29) is 5.91 Å². The molecule has 0 saturated heterocycles. The molecular formula is C17H19N3O4S. The first-order valence-corrected chi connectivity index (χ1v) is 8.59. The van der Waals surface area contributed by atoms with Crippen molar-refractivity contribution >= 4 is 23.6 Å². The summed E-state index contributed by atoms with van der Waals surface area (Å²) in [6.07, 6.45) is 2.23. The Labute approximate surface area is 149 Å². The van der Waals surface area contributed by atoms with E-state index in [4.69, 9.17) is 9.26 Å². The lowest BCUT2D eigenvalue weighted by atomic mass is 10.3. The van der Waals surface area contributed by atoms with Crippen LogP contribution in [0.1, 0.15) is 28.7 Å². The van der Waals surface area contributed by atoms with Gasteiger partial charge in [0.2, 0.25) is 0 Å². The topological polar surface area (TPSA) is 94.3 Å². The fourth-order valence-corrected chi connectivity index (χ4v) is 2.75. The normalized spacial score (nSPS) is 11.6. The number of nitrogens with one attached hydrogen (secondary N) is 1. The number of carbonyl (C=O) groups is 2. The van der Waals surface area contributed by atoms with Crippen molar-refractivity contribution in [2.24, 2.45) is 0 Å². The summed E-state index contributed by atoms with van der Waals surface area (Å²) in [7, 11) is 0. The number of amides is 1. The second-order valence-electron chi connectivity index (χ2n) is 5.16. The van der Waals surface area contributed by atoms with Crippen molar-refractivity contribution in [1.82, 2.24) is 15.5 Å². The summed E-state index contributed by atoms with van der Waals surface area (Å²) < 4.78 is 10.2. The van der Waals surface area contributed by atoms with Gasteiger partial charge in [0.25, 0.3) is 5.91 Å². The molecule has 0 aromatic carbocycles. The number of hydrogen-bond donors (Lipinski definition) is 1. The van der Waals surface area contributed by atoms with E-state index in [1.54, 1.807) is 24.4 Å². The molecule has 0 aliphatic heterocycles. The molecule has 1 atom stereocenters. The van der Waals surface area contributed by atoms with Crippen molar-refractivity contribution < 1.29 is 18.8 Å². The largest absolute Gasteiger partial charge is 0.449 e. The Kier molecular flexibility index (Phi) is 6.76. The van der Waals surface area contributed by atoms with Crippen molar-refractivity contribution in [3.05, 3.63) is 54.1 Å². The highest BCUT2D eigenvalue weighted by atomic mass is 32.2. The van der Waals surface area contributed by atoms with E-state index in [1.807, 2.05) is 13.0 Å². The highest BCUT2D eigenvalue weighted by Gasteiger charge is 2.21. The number of rotatable bonds is 8. The van der Waals surface area contributed by atoms with Gasteiger partial charge in [-0.05, 0) is 26.0 Å². The summed E-state index contributed by atoms with van der Waals surface area (Å²) in [5.41, 5.74) is 1.06.